The first-order chi connectivity index (χ1) is 13.4. The summed E-state index contributed by atoms with van der Waals surface area (Å²) in [5, 5.41) is 6.41. The van der Waals surface area contributed by atoms with E-state index in [-0.39, 0.29) is 5.88 Å². The Kier molecular flexibility index (Phi) is 8.82. The van der Waals surface area contributed by atoms with Gasteiger partial charge in [0, 0.05) is 32.4 Å². The summed E-state index contributed by atoms with van der Waals surface area (Å²) in [6.45, 7) is 5.60. The van der Waals surface area contributed by atoms with Crippen molar-refractivity contribution < 1.29 is 17.9 Å². The minimum Gasteiger partial charge on any atom is -0.468 e. The molecule has 0 saturated carbocycles. The third-order valence-electron chi connectivity index (χ3n) is 4.69. The molecular formula is C19H30F3N5O. The van der Waals surface area contributed by atoms with Crippen LogP contribution in [0, 0.1) is 5.92 Å². The molecule has 0 aliphatic carbocycles. The summed E-state index contributed by atoms with van der Waals surface area (Å²) >= 11 is 0. The zero-order valence-electron chi connectivity index (χ0n) is 16.6. The molecule has 0 radical (unpaired) electrons. The lowest BCUT2D eigenvalue weighted by Crippen LogP contribution is -2.39. The Morgan fingerprint density at radius 1 is 1.32 bits per heavy atom. The number of guanidine groups is 1. The first kappa shape index (κ1) is 22.3. The highest BCUT2D eigenvalue weighted by Crippen LogP contribution is 2.17. The van der Waals surface area contributed by atoms with Crippen molar-refractivity contribution in [1.82, 2.24) is 20.5 Å². The summed E-state index contributed by atoms with van der Waals surface area (Å²) < 4.78 is 41.4. The molecule has 0 unspecified atom stereocenters. The molecule has 2 heterocycles. The van der Waals surface area contributed by atoms with E-state index in [1.54, 1.807) is 13.1 Å². The van der Waals surface area contributed by atoms with E-state index in [9.17, 15) is 13.2 Å². The van der Waals surface area contributed by atoms with Crippen molar-refractivity contribution in [3.8, 4) is 5.88 Å². The first-order valence-corrected chi connectivity index (χ1v) is 9.67. The Bertz CT molecular complexity index is 616. The third kappa shape index (κ3) is 8.77. The Morgan fingerprint density at radius 3 is 2.75 bits per heavy atom. The molecule has 1 fully saturated rings. The highest BCUT2D eigenvalue weighted by Gasteiger charge is 2.28. The van der Waals surface area contributed by atoms with Gasteiger partial charge in [-0.25, -0.2) is 4.98 Å². The van der Waals surface area contributed by atoms with E-state index >= 15 is 0 Å². The Labute approximate surface area is 164 Å². The van der Waals surface area contributed by atoms with Crippen molar-refractivity contribution in [3.63, 3.8) is 0 Å². The van der Waals surface area contributed by atoms with Gasteiger partial charge in [-0.05, 0) is 56.4 Å². The monoisotopic (exact) mass is 401 g/mol. The fourth-order valence-corrected chi connectivity index (χ4v) is 3.00. The molecule has 9 heteroatoms. The quantitative estimate of drug-likeness (QED) is 0.399. The highest BCUT2D eigenvalue weighted by atomic mass is 19.4. The van der Waals surface area contributed by atoms with Gasteiger partial charge in [0.1, 0.15) is 0 Å². The average molecular weight is 401 g/mol. The van der Waals surface area contributed by atoms with Crippen molar-refractivity contribution in [1.29, 1.82) is 0 Å². The number of likely N-dealkylation sites (tertiary alicyclic amines) is 1. The van der Waals surface area contributed by atoms with Gasteiger partial charge >= 0.3 is 6.18 Å². The molecule has 1 aromatic rings. The summed E-state index contributed by atoms with van der Waals surface area (Å²) in [7, 11) is 1.69. The first-order valence-electron chi connectivity index (χ1n) is 9.67. The molecule has 0 bridgehead atoms. The van der Waals surface area contributed by atoms with Crippen molar-refractivity contribution in [2.45, 2.75) is 38.9 Å². The zero-order valence-corrected chi connectivity index (χ0v) is 16.6. The summed E-state index contributed by atoms with van der Waals surface area (Å²) in [4.78, 5) is 10.5. The fraction of sp³-hybridized carbons (Fsp3) is 0.684. The van der Waals surface area contributed by atoms with E-state index in [1.165, 1.54) is 38.2 Å². The van der Waals surface area contributed by atoms with Crippen LogP contribution in [0.2, 0.25) is 0 Å². The van der Waals surface area contributed by atoms with Crippen molar-refractivity contribution in [2.24, 2.45) is 10.9 Å². The predicted molar refractivity (Wildman–Crippen MR) is 103 cm³/mol. The molecule has 1 aliphatic rings. The molecule has 2 rings (SSSR count). The zero-order chi connectivity index (χ0) is 20.4. The lowest BCUT2D eigenvalue weighted by molar-refractivity contribution is -0.154. The van der Waals surface area contributed by atoms with Gasteiger partial charge in [0.2, 0.25) is 5.88 Å². The predicted octanol–water partition coefficient (Wildman–Crippen LogP) is 2.81. The number of rotatable bonds is 8. The standard InChI is InChI=1S/C19H30F3N5O/c1-15-5-10-27(11-6-15)9-3-7-25-18(23-2)26-13-16-4-8-24-17(12-16)28-14-19(20,21)22/h4,8,12,15H,3,5-7,9-11,13-14H2,1-2H3,(H2,23,25,26). The Balaban J connectivity index is 1.67. The second-order valence-corrected chi connectivity index (χ2v) is 7.14. The average Bonchev–Trinajstić information content (AvgIpc) is 2.67. The molecule has 0 amide bonds. The number of nitrogens with one attached hydrogen (secondary N) is 2. The number of alkyl halides is 3. The number of pyridine rings is 1. The van der Waals surface area contributed by atoms with E-state index in [4.69, 9.17) is 0 Å². The minimum atomic E-state index is -4.38. The van der Waals surface area contributed by atoms with Crippen LogP contribution >= 0.6 is 0 Å². The van der Waals surface area contributed by atoms with Gasteiger partial charge in [-0.3, -0.25) is 4.99 Å². The molecule has 158 valence electrons. The highest BCUT2D eigenvalue weighted by molar-refractivity contribution is 5.79. The van der Waals surface area contributed by atoms with Gasteiger partial charge in [-0.15, -0.1) is 0 Å². The van der Waals surface area contributed by atoms with Crippen LogP contribution in [0.3, 0.4) is 0 Å². The van der Waals surface area contributed by atoms with Crippen molar-refractivity contribution in [2.75, 3.05) is 39.8 Å². The number of aliphatic imine (C=N–C) groups is 1. The Hall–Kier alpha value is -2.03. The second-order valence-electron chi connectivity index (χ2n) is 7.14. The topological polar surface area (TPSA) is 61.8 Å². The molecule has 0 atom stereocenters. The van der Waals surface area contributed by atoms with Crippen LogP contribution in [0.15, 0.2) is 23.3 Å². The van der Waals surface area contributed by atoms with Crippen LogP contribution in [0.5, 0.6) is 5.88 Å². The molecule has 1 aliphatic heterocycles. The maximum Gasteiger partial charge on any atom is 0.422 e. The van der Waals surface area contributed by atoms with Crippen molar-refractivity contribution >= 4 is 5.96 Å². The van der Waals surface area contributed by atoms with E-state index in [2.05, 4.69) is 37.2 Å². The lowest BCUT2D eigenvalue weighted by Gasteiger charge is -2.30. The number of piperidine rings is 1. The maximum absolute atomic E-state index is 12.2. The normalized spacial score (nSPS) is 16.8. The number of hydrogen-bond donors (Lipinski definition) is 2. The van der Waals surface area contributed by atoms with Crippen LogP contribution < -0.4 is 15.4 Å². The van der Waals surface area contributed by atoms with E-state index in [0.717, 1.165) is 31.0 Å². The smallest absolute Gasteiger partial charge is 0.422 e. The molecule has 28 heavy (non-hydrogen) atoms. The molecule has 2 N–H and O–H groups in total. The second kappa shape index (κ2) is 11.1. The summed E-state index contributed by atoms with van der Waals surface area (Å²) in [6.07, 6.45) is 0.626. The molecule has 0 aromatic carbocycles. The minimum absolute atomic E-state index is 0.0459. The van der Waals surface area contributed by atoms with E-state index in [0.29, 0.717) is 12.5 Å². The van der Waals surface area contributed by atoms with Crippen molar-refractivity contribution in [3.05, 3.63) is 23.9 Å². The van der Waals surface area contributed by atoms with Gasteiger partial charge in [0.15, 0.2) is 12.6 Å². The van der Waals surface area contributed by atoms with Crippen LogP contribution in [0.25, 0.3) is 0 Å². The summed E-state index contributed by atoms with van der Waals surface area (Å²) in [5.74, 6) is 1.45. The molecule has 1 saturated heterocycles. The largest absolute Gasteiger partial charge is 0.468 e. The van der Waals surface area contributed by atoms with E-state index < -0.39 is 12.8 Å². The third-order valence-corrected chi connectivity index (χ3v) is 4.69. The van der Waals surface area contributed by atoms with Gasteiger partial charge in [-0.2, -0.15) is 13.2 Å². The molecule has 1 aromatic heterocycles. The van der Waals surface area contributed by atoms with Crippen LogP contribution in [-0.4, -0.2) is 61.9 Å². The van der Waals surface area contributed by atoms with Gasteiger partial charge in [-0.1, -0.05) is 6.92 Å². The van der Waals surface area contributed by atoms with Gasteiger partial charge in [0.05, 0.1) is 0 Å². The summed E-state index contributed by atoms with van der Waals surface area (Å²) in [5.41, 5.74) is 0.762. The maximum atomic E-state index is 12.2. The number of ether oxygens (including phenoxy) is 1. The molecule has 0 spiro atoms. The summed E-state index contributed by atoms with van der Waals surface area (Å²) in [6, 6.07) is 3.21. The van der Waals surface area contributed by atoms with Crippen LogP contribution in [0.4, 0.5) is 13.2 Å². The van der Waals surface area contributed by atoms with Gasteiger partial charge < -0.3 is 20.3 Å². The number of nitrogens with zero attached hydrogens (tertiary/aromatic N) is 3. The van der Waals surface area contributed by atoms with Crippen LogP contribution in [-0.2, 0) is 6.54 Å². The fourth-order valence-electron chi connectivity index (χ4n) is 3.00. The molecule has 6 nitrogen and oxygen atoms in total. The van der Waals surface area contributed by atoms with Crippen LogP contribution in [0.1, 0.15) is 31.7 Å². The van der Waals surface area contributed by atoms with E-state index in [1.807, 2.05) is 0 Å². The van der Waals surface area contributed by atoms with Gasteiger partial charge in [0.25, 0.3) is 0 Å². The molecular weight excluding hydrogens is 371 g/mol. The lowest BCUT2D eigenvalue weighted by atomic mass is 9.99. The number of halogens is 3. The number of hydrogen-bond acceptors (Lipinski definition) is 4. The number of aromatic nitrogens is 1. The Morgan fingerprint density at radius 2 is 2.07 bits per heavy atom. The SMILES string of the molecule is CN=C(NCCCN1CCC(C)CC1)NCc1ccnc(OCC(F)(F)F)c1.